The summed E-state index contributed by atoms with van der Waals surface area (Å²) in [6, 6.07) is 6.56. The van der Waals surface area contributed by atoms with Gasteiger partial charge < -0.3 is 9.47 Å². The summed E-state index contributed by atoms with van der Waals surface area (Å²) in [5, 5.41) is 0. The maximum absolute atomic E-state index is 12.1. The smallest absolute Gasteiger partial charge is 0.333 e. The van der Waals surface area contributed by atoms with Gasteiger partial charge in [0.15, 0.2) is 0 Å². The summed E-state index contributed by atoms with van der Waals surface area (Å²) in [6.07, 6.45) is 1.10. The van der Waals surface area contributed by atoms with Gasteiger partial charge in [-0.1, -0.05) is 12.1 Å². The second-order valence-corrected chi connectivity index (χ2v) is 4.08. The van der Waals surface area contributed by atoms with Crippen LogP contribution in [0.2, 0.25) is 0 Å². The van der Waals surface area contributed by atoms with Gasteiger partial charge in [-0.2, -0.15) is 0 Å². The van der Waals surface area contributed by atoms with Crippen molar-refractivity contribution in [3.05, 3.63) is 47.2 Å². The first-order chi connectivity index (χ1) is 9.58. The van der Waals surface area contributed by atoms with Gasteiger partial charge in [-0.05, 0) is 12.1 Å². The lowest BCUT2D eigenvalue weighted by Gasteiger charge is -2.15. The third kappa shape index (κ3) is 2.40. The largest absolute Gasteiger partial charge is 0.499 e. The molecule has 6 heteroatoms. The topological polar surface area (TPSA) is 72.9 Å². The fourth-order valence-electron chi connectivity index (χ4n) is 1.90. The highest BCUT2D eigenvalue weighted by molar-refractivity contribution is 6.21. The second-order valence-electron chi connectivity index (χ2n) is 4.08. The maximum Gasteiger partial charge on any atom is 0.333 e. The SMILES string of the molecule is COC(=O)C=C(CN1C(=O)c2ccccc2C1=O)OC. The number of hydrogen-bond donors (Lipinski definition) is 0. The monoisotopic (exact) mass is 275 g/mol. The molecule has 0 atom stereocenters. The Morgan fingerprint density at radius 1 is 1.10 bits per heavy atom. The molecule has 0 aromatic heterocycles. The van der Waals surface area contributed by atoms with Crippen molar-refractivity contribution in [1.82, 2.24) is 4.90 Å². The Bertz CT molecular complexity index is 570. The Morgan fingerprint density at radius 2 is 1.65 bits per heavy atom. The van der Waals surface area contributed by atoms with Crippen molar-refractivity contribution in [3.63, 3.8) is 0 Å². The molecule has 0 N–H and O–H groups in total. The van der Waals surface area contributed by atoms with Gasteiger partial charge in [0.1, 0.15) is 5.76 Å². The zero-order valence-corrected chi connectivity index (χ0v) is 11.1. The van der Waals surface area contributed by atoms with Crippen LogP contribution >= 0.6 is 0 Å². The number of nitrogens with zero attached hydrogens (tertiary/aromatic N) is 1. The predicted octanol–water partition coefficient (Wildman–Crippen LogP) is 0.986. The average molecular weight is 275 g/mol. The van der Waals surface area contributed by atoms with Crippen molar-refractivity contribution in [2.45, 2.75) is 0 Å². The molecule has 0 spiro atoms. The number of imide groups is 1. The minimum Gasteiger partial charge on any atom is -0.499 e. The van der Waals surface area contributed by atoms with Gasteiger partial charge in [-0.3, -0.25) is 14.5 Å². The lowest BCUT2D eigenvalue weighted by Crippen LogP contribution is -2.32. The van der Waals surface area contributed by atoms with Crippen molar-refractivity contribution in [2.24, 2.45) is 0 Å². The third-order valence-electron chi connectivity index (χ3n) is 2.93. The number of hydrogen-bond acceptors (Lipinski definition) is 5. The predicted molar refractivity (Wildman–Crippen MR) is 68.9 cm³/mol. The van der Waals surface area contributed by atoms with Crippen LogP contribution in [0.25, 0.3) is 0 Å². The molecule has 0 saturated heterocycles. The Hall–Kier alpha value is -2.63. The number of ether oxygens (including phenoxy) is 2. The van der Waals surface area contributed by atoms with Gasteiger partial charge in [0.2, 0.25) is 0 Å². The highest BCUT2D eigenvalue weighted by Crippen LogP contribution is 2.23. The summed E-state index contributed by atoms with van der Waals surface area (Å²) < 4.78 is 9.47. The molecule has 0 fully saturated rings. The molecule has 1 aliphatic rings. The molecule has 1 aromatic rings. The number of amides is 2. The van der Waals surface area contributed by atoms with Crippen molar-refractivity contribution in [2.75, 3.05) is 20.8 Å². The molecule has 1 heterocycles. The first kappa shape index (κ1) is 13.8. The molecule has 0 bridgehead atoms. The van der Waals surface area contributed by atoms with Crippen molar-refractivity contribution in [1.29, 1.82) is 0 Å². The number of esters is 1. The van der Waals surface area contributed by atoms with Crippen LogP contribution < -0.4 is 0 Å². The molecule has 0 saturated carbocycles. The number of fused-ring (bicyclic) bond motifs is 1. The molecular weight excluding hydrogens is 262 g/mol. The molecule has 1 aromatic carbocycles. The van der Waals surface area contributed by atoms with Crippen LogP contribution in [0.5, 0.6) is 0 Å². The second kappa shape index (κ2) is 5.56. The van der Waals surface area contributed by atoms with Crippen molar-refractivity contribution in [3.8, 4) is 0 Å². The van der Waals surface area contributed by atoms with Crippen LogP contribution in [0.3, 0.4) is 0 Å². The van der Waals surface area contributed by atoms with E-state index in [2.05, 4.69) is 4.74 Å². The quantitative estimate of drug-likeness (QED) is 0.354. The zero-order chi connectivity index (χ0) is 14.7. The Balaban J connectivity index is 2.24. The van der Waals surface area contributed by atoms with Gasteiger partial charge in [0.25, 0.3) is 11.8 Å². The highest BCUT2D eigenvalue weighted by Gasteiger charge is 2.35. The normalized spacial score (nSPS) is 14.3. The summed E-state index contributed by atoms with van der Waals surface area (Å²) in [4.78, 5) is 36.4. The zero-order valence-electron chi connectivity index (χ0n) is 11.1. The van der Waals surface area contributed by atoms with E-state index < -0.39 is 17.8 Å². The molecule has 6 nitrogen and oxygen atoms in total. The van der Waals surface area contributed by atoms with Crippen molar-refractivity contribution < 1.29 is 23.9 Å². The lowest BCUT2D eigenvalue weighted by molar-refractivity contribution is -0.135. The standard InChI is InChI=1S/C14H13NO5/c1-19-9(7-12(16)20-2)8-15-13(17)10-5-3-4-6-11(10)14(15)18/h3-7H,8H2,1-2H3. The van der Waals surface area contributed by atoms with E-state index in [-0.39, 0.29) is 12.3 Å². The first-order valence-corrected chi connectivity index (χ1v) is 5.86. The summed E-state index contributed by atoms with van der Waals surface area (Å²) in [6.45, 7) is -0.113. The molecule has 20 heavy (non-hydrogen) atoms. The van der Waals surface area contributed by atoms with Crippen LogP contribution in [0.15, 0.2) is 36.1 Å². The van der Waals surface area contributed by atoms with E-state index in [4.69, 9.17) is 4.74 Å². The number of rotatable bonds is 4. The van der Waals surface area contributed by atoms with Crippen LogP contribution in [0, 0.1) is 0 Å². The Labute approximate surface area is 115 Å². The number of benzene rings is 1. The Kier molecular flexibility index (Phi) is 3.84. The minimum absolute atomic E-state index is 0.113. The fraction of sp³-hybridized carbons (Fsp3) is 0.214. The van der Waals surface area contributed by atoms with Crippen LogP contribution in [-0.2, 0) is 14.3 Å². The van der Waals surface area contributed by atoms with E-state index in [1.165, 1.54) is 14.2 Å². The molecule has 104 valence electrons. The van der Waals surface area contributed by atoms with E-state index in [0.717, 1.165) is 11.0 Å². The number of methoxy groups -OCH3 is 2. The Morgan fingerprint density at radius 3 is 2.10 bits per heavy atom. The van der Waals surface area contributed by atoms with E-state index in [9.17, 15) is 14.4 Å². The molecule has 2 rings (SSSR count). The molecule has 2 amide bonds. The van der Waals surface area contributed by atoms with Crippen LogP contribution in [0.1, 0.15) is 20.7 Å². The van der Waals surface area contributed by atoms with E-state index in [1.807, 2.05) is 0 Å². The van der Waals surface area contributed by atoms with Gasteiger partial charge in [0, 0.05) is 0 Å². The average Bonchev–Trinajstić information content (AvgIpc) is 2.71. The van der Waals surface area contributed by atoms with E-state index in [1.54, 1.807) is 24.3 Å². The summed E-state index contributed by atoms with van der Waals surface area (Å²) >= 11 is 0. The number of carbonyl (C=O) groups is 3. The molecule has 1 aliphatic heterocycles. The summed E-state index contributed by atoms with van der Waals surface area (Å²) in [5.74, 6) is -1.25. The first-order valence-electron chi connectivity index (χ1n) is 5.86. The van der Waals surface area contributed by atoms with Gasteiger partial charge in [0.05, 0.1) is 38.0 Å². The molecular formula is C14H13NO5. The fourth-order valence-corrected chi connectivity index (χ4v) is 1.90. The number of carbonyl (C=O) groups excluding carboxylic acids is 3. The van der Waals surface area contributed by atoms with Crippen molar-refractivity contribution >= 4 is 17.8 Å². The lowest BCUT2D eigenvalue weighted by atomic mass is 10.1. The minimum atomic E-state index is -0.613. The van der Waals surface area contributed by atoms with Gasteiger partial charge in [-0.25, -0.2) is 4.79 Å². The molecule has 0 aliphatic carbocycles. The van der Waals surface area contributed by atoms with E-state index in [0.29, 0.717) is 11.1 Å². The van der Waals surface area contributed by atoms with Crippen LogP contribution in [-0.4, -0.2) is 43.4 Å². The van der Waals surface area contributed by atoms with Gasteiger partial charge in [-0.15, -0.1) is 0 Å². The van der Waals surface area contributed by atoms with Gasteiger partial charge >= 0.3 is 5.97 Å². The van der Waals surface area contributed by atoms with Crippen LogP contribution in [0.4, 0.5) is 0 Å². The maximum atomic E-state index is 12.1. The molecule has 0 radical (unpaired) electrons. The highest BCUT2D eigenvalue weighted by atomic mass is 16.5. The molecule has 0 unspecified atom stereocenters. The third-order valence-corrected chi connectivity index (χ3v) is 2.93. The van der Waals surface area contributed by atoms with E-state index >= 15 is 0 Å². The summed E-state index contributed by atoms with van der Waals surface area (Å²) in [5.41, 5.74) is 0.706. The summed E-state index contributed by atoms with van der Waals surface area (Å²) in [7, 11) is 2.58.